The number of rotatable bonds is 4. The van der Waals surface area contributed by atoms with E-state index in [2.05, 4.69) is 0 Å². The summed E-state index contributed by atoms with van der Waals surface area (Å²) in [5.41, 5.74) is -1.93. The number of hydrogen-bond acceptors (Lipinski definition) is 3. The number of carboxylic acid groups (broad SMARTS) is 2. The molecule has 38 heavy (non-hydrogen) atoms. The number of fused-ring (bicyclic) bond motifs is 2. The monoisotopic (exact) mass is 525 g/mol. The Balaban J connectivity index is 1.73. The van der Waals surface area contributed by atoms with Gasteiger partial charge in [0.05, 0.1) is 11.1 Å². The summed E-state index contributed by atoms with van der Waals surface area (Å²) in [6.07, 6.45) is -9.73. The normalized spacial score (nSPS) is 36.8. The van der Waals surface area contributed by atoms with Gasteiger partial charge in [-0.25, -0.2) is 14.2 Å². The first-order valence-corrected chi connectivity index (χ1v) is 11.7. The molecule has 6 heteroatoms. The zero-order chi connectivity index (χ0) is 40.9. The first kappa shape index (κ1) is 12.3. The molecule has 0 bridgehead atoms. The van der Waals surface area contributed by atoms with Gasteiger partial charge in [-0.05, 0) is 82.6 Å². The van der Waals surface area contributed by atoms with Crippen molar-refractivity contribution in [2.24, 2.45) is 0 Å². The number of carbonyl (C=O) groups is 2. The largest absolute Gasteiger partial charge is 0.478 e. The average molecular weight is 526 g/mol. The Labute approximate surface area is 245 Å². The van der Waals surface area contributed by atoms with Crippen LogP contribution >= 0.6 is 0 Å². The van der Waals surface area contributed by atoms with E-state index in [9.17, 15) is 19.8 Å². The highest BCUT2D eigenvalue weighted by atomic mass is 16.4. The Bertz CT molecular complexity index is 2150. The van der Waals surface area contributed by atoms with Crippen molar-refractivity contribution in [2.75, 3.05) is 30.9 Å². The third-order valence-corrected chi connectivity index (χ3v) is 6.97. The zero-order valence-corrected chi connectivity index (χ0v) is 20.3. The molecule has 2 aliphatic carbocycles. The Kier molecular flexibility index (Phi) is 2.95. The number of aromatic carboxylic acids is 2. The highest BCUT2D eigenvalue weighted by Gasteiger charge is 2.40. The lowest BCUT2D eigenvalue weighted by Gasteiger charge is -2.40. The van der Waals surface area contributed by atoms with Gasteiger partial charge in [0, 0.05) is 65.4 Å². The minimum atomic E-state index is -3.38. The molecular weight excluding hydrogens is 476 g/mol. The van der Waals surface area contributed by atoms with Crippen LogP contribution in [0.15, 0.2) is 65.8 Å². The molecular formula is C32H33N2O4+. The molecule has 2 saturated heterocycles. The second kappa shape index (κ2) is 9.12. The highest BCUT2D eigenvalue weighted by molar-refractivity contribution is 6.08. The standard InChI is InChI=1S/C32H32N2O4/c1-32(2)27-18-21(33-13-3-4-14-33)8-11-24(27)29(26-17-20(30(35)36)7-10-23(26)31(37)38)25-12-9-22(19-28(25)32)34-15-5-6-16-34/h7-12,17-19H,3-6,13-16H2,1-2H3,(H-,35,36,37,38)/p+1/i3D2,4D2,5D2,6D2,13D2,14D2,15D2,16D2. The maximum atomic E-state index is 12.6. The summed E-state index contributed by atoms with van der Waals surface area (Å²) < 4.78 is 135. The highest BCUT2D eigenvalue weighted by Crippen LogP contribution is 2.51. The van der Waals surface area contributed by atoms with Crippen LogP contribution in [0.25, 0.3) is 5.57 Å². The van der Waals surface area contributed by atoms with E-state index < -0.39 is 68.8 Å². The van der Waals surface area contributed by atoms with E-state index in [1.165, 1.54) is 36.4 Å². The number of nitrogens with zero attached hydrogens (tertiary/aromatic N) is 2. The van der Waals surface area contributed by atoms with Crippen LogP contribution in [0.3, 0.4) is 0 Å². The Morgan fingerprint density at radius 3 is 2.34 bits per heavy atom. The number of hydrogen-bond donors (Lipinski definition) is 2. The van der Waals surface area contributed by atoms with Gasteiger partial charge in [0.1, 0.15) is 18.5 Å². The predicted octanol–water partition coefficient (Wildman–Crippen LogP) is 5.52. The van der Waals surface area contributed by atoms with E-state index in [1.54, 1.807) is 13.8 Å². The van der Waals surface area contributed by atoms with Crippen LogP contribution in [0.4, 0.5) is 5.69 Å². The van der Waals surface area contributed by atoms with Crippen LogP contribution in [0.5, 0.6) is 0 Å². The molecule has 0 unspecified atom stereocenters. The van der Waals surface area contributed by atoms with Crippen LogP contribution in [0.1, 0.15) is 98.7 Å². The van der Waals surface area contributed by atoms with Crippen molar-refractivity contribution in [1.29, 1.82) is 0 Å². The van der Waals surface area contributed by atoms with Crippen LogP contribution in [0, 0.1) is 0 Å². The third-order valence-electron chi connectivity index (χ3n) is 6.97. The number of anilines is 1. The molecule has 4 aliphatic rings. The Hall–Kier alpha value is -3.93. The van der Waals surface area contributed by atoms with E-state index in [-0.39, 0.29) is 55.9 Å². The fourth-order valence-electron chi connectivity index (χ4n) is 5.11. The van der Waals surface area contributed by atoms with Crippen LogP contribution in [0.2, 0.25) is 0 Å². The quantitative estimate of drug-likeness (QED) is 0.514. The molecule has 0 radical (unpaired) electrons. The lowest BCUT2D eigenvalue weighted by molar-refractivity contribution is -0.504. The van der Waals surface area contributed by atoms with Gasteiger partial charge >= 0.3 is 11.9 Å². The van der Waals surface area contributed by atoms with Crippen LogP contribution in [-0.2, 0) is 5.41 Å². The summed E-state index contributed by atoms with van der Waals surface area (Å²) in [4.78, 5) is 25.1. The molecule has 2 N–H and O–H groups in total. The smallest absolute Gasteiger partial charge is 0.336 e. The summed E-state index contributed by atoms with van der Waals surface area (Å²) in [7, 11) is 0. The van der Waals surface area contributed by atoms with E-state index in [0.717, 1.165) is 18.2 Å². The summed E-state index contributed by atoms with van der Waals surface area (Å²) in [6, 6.07) is 7.07. The summed E-state index contributed by atoms with van der Waals surface area (Å²) >= 11 is 0. The van der Waals surface area contributed by atoms with Crippen molar-refractivity contribution in [2.45, 2.75) is 44.8 Å². The Morgan fingerprint density at radius 1 is 0.921 bits per heavy atom. The fraction of sp³-hybridized carbons (Fsp3) is 0.344. The molecule has 2 heterocycles. The maximum absolute atomic E-state index is 12.6. The molecule has 2 aliphatic heterocycles. The van der Waals surface area contributed by atoms with Gasteiger partial charge < -0.3 is 15.1 Å². The van der Waals surface area contributed by atoms with Crippen molar-refractivity contribution in [1.82, 2.24) is 0 Å². The molecule has 6 rings (SSSR count). The second-order valence-electron chi connectivity index (χ2n) is 9.45. The van der Waals surface area contributed by atoms with Gasteiger partial charge in [0.2, 0.25) is 0 Å². The van der Waals surface area contributed by atoms with Crippen molar-refractivity contribution in [3.8, 4) is 0 Å². The van der Waals surface area contributed by atoms with Gasteiger partial charge in [-0.15, -0.1) is 0 Å². The number of carboxylic acids is 2. The number of benzene rings is 2. The minimum Gasteiger partial charge on any atom is -0.478 e. The number of allylic oxidation sites excluding steroid dienone is 5. The molecule has 0 amide bonds. The molecule has 194 valence electrons. The minimum absolute atomic E-state index is 0.0779. The van der Waals surface area contributed by atoms with E-state index in [1.807, 2.05) is 0 Å². The topological polar surface area (TPSA) is 80.8 Å². The first-order chi connectivity index (χ1) is 24.3. The van der Waals surface area contributed by atoms with E-state index >= 15 is 0 Å². The van der Waals surface area contributed by atoms with E-state index in [4.69, 9.17) is 21.9 Å². The van der Waals surface area contributed by atoms with E-state index in [0.29, 0.717) is 9.48 Å². The van der Waals surface area contributed by atoms with Crippen molar-refractivity contribution >= 4 is 28.9 Å². The van der Waals surface area contributed by atoms with Gasteiger partial charge in [0.15, 0.2) is 5.71 Å². The molecule has 2 aromatic rings. The lowest BCUT2D eigenvalue weighted by atomic mass is 9.64. The summed E-state index contributed by atoms with van der Waals surface area (Å²) in [6.45, 7) is -9.88. The molecule has 2 fully saturated rings. The average Bonchev–Trinajstić information content (AvgIpc) is 3.16. The van der Waals surface area contributed by atoms with Gasteiger partial charge in [-0.3, -0.25) is 0 Å². The molecule has 0 atom stereocenters. The van der Waals surface area contributed by atoms with Crippen molar-refractivity contribution in [3.63, 3.8) is 0 Å². The molecule has 0 spiro atoms. The zero-order valence-electron chi connectivity index (χ0n) is 36.3. The summed E-state index contributed by atoms with van der Waals surface area (Å²) in [5.74, 6) is -2.86. The van der Waals surface area contributed by atoms with Crippen LogP contribution in [-0.4, -0.2) is 58.4 Å². The van der Waals surface area contributed by atoms with Crippen molar-refractivity contribution in [3.05, 3.63) is 93.6 Å². The van der Waals surface area contributed by atoms with Gasteiger partial charge in [-0.1, -0.05) is 19.9 Å². The van der Waals surface area contributed by atoms with Crippen molar-refractivity contribution < 1.29 is 46.3 Å². The fourth-order valence-corrected chi connectivity index (χ4v) is 5.11. The lowest BCUT2D eigenvalue weighted by Crippen LogP contribution is -2.31. The SMILES string of the molecule is [2H]C1([2H])N(c2ccc3c(c2)C(C)(C)C2=CC(=[N+]4C([2H])([2H])C([2H])([2H])C([2H])([2H])C4([2H])[2H])C=CC2=C3c2cc(C(=O)O)ccc2C(=O)O)C([2H])([2H])C([2H])([2H])C1([2H])[2H]. The Morgan fingerprint density at radius 2 is 1.66 bits per heavy atom. The van der Waals surface area contributed by atoms with Gasteiger partial charge in [0.25, 0.3) is 0 Å². The summed E-state index contributed by atoms with van der Waals surface area (Å²) in [5, 5.41) is 20.1. The predicted molar refractivity (Wildman–Crippen MR) is 149 cm³/mol. The molecule has 0 aromatic heterocycles. The first-order valence-electron chi connectivity index (χ1n) is 19.7. The molecule has 0 saturated carbocycles. The molecule has 6 nitrogen and oxygen atoms in total. The second-order valence-corrected chi connectivity index (χ2v) is 9.45. The van der Waals surface area contributed by atoms with Crippen LogP contribution < -0.4 is 4.90 Å². The maximum Gasteiger partial charge on any atom is 0.336 e. The third kappa shape index (κ3) is 3.90. The van der Waals surface area contributed by atoms with Gasteiger partial charge in [-0.2, -0.15) is 0 Å². The molecule has 2 aromatic carbocycles.